The molecule has 218 valence electrons. The van der Waals surface area contributed by atoms with Gasteiger partial charge in [-0.25, -0.2) is 0 Å². The van der Waals surface area contributed by atoms with Crippen LogP contribution in [0.15, 0.2) is 0 Å². The van der Waals surface area contributed by atoms with Gasteiger partial charge in [-0.2, -0.15) is 0 Å². The Hall–Kier alpha value is -0.456. The standard InChI is InChI=1S/C32H58O4Si2/c1-13-34-32-22-21-27(36-38(11,12)31(6,7)8)25(28(32)23(2)29(32)33)19-20-26(24-17-15-14-16-18-24)35-37(9,10)30(3,4)5/h23-28H,13-18,21-22H2,1-12H3/t23?,25-,26-,27+,28+,32+/m1/s1. The van der Waals surface area contributed by atoms with Crippen molar-refractivity contribution in [1.29, 1.82) is 0 Å². The monoisotopic (exact) mass is 562 g/mol. The van der Waals surface area contributed by atoms with Crippen LogP contribution in [0.2, 0.25) is 36.3 Å². The van der Waals surface area contributed by atoms with Gasteiger partial charge in [0.25, 0.3) is 0 Å². The molecule has 3 fully saturated rings. The van der Waals surface area contributed by atoms with Gasteiger partial charge in [-0.1, -0.05) is 79.6 Å². The van der Waals surface area contributed by atoms with Crippen molar-refractivity contribution in [2.24, 2.45) is 23.7 Å². The van der Waals surface area contributed by atoms with Gasteiger partial charge >= 0.3 is 0 Å². The second-order valence-corrected chi connectivity index (χ2v) is 25.0. The lowest BCUT2D eigenvalue weighted by molar-refractivity contribution is -0.210. The maximum absolute atomic E-state index is 13.3. The Morgan fingerprint density at radius 2 is 1.53 bits per heavy atom. The summed E-state index contributed by atoms with van der Waals surface area (Å²) in [6.07, 6.45) is 7.83. The number of carbonyl (C=O) groups excluding carboxylic acids is 1. The number of hydrogen-bond acceptors (Lipinski definition) is 4. The molecule has 0 saturated heterocycles. The zero-order chi connectivity index (χ0) is 28.7. The predicted molar refractivity (Wildman–Crippen MR) is 163 cm³/mol. The molecule has 3 rings (SSSR count). The molecule has 4 nitrogen and oxygen atoms in total. The third-order valence-corrected chi connectivity index (χ3v) is 19.8. The average Bonchev–Trinajstić information content (AvgIpc) is 2.81. The van der Waals surface area contributed by atoms with Crippen molar-refractivity contribution >= 4 is 22.4 Å². The first-order chi connectivity index (χ1) is 17.4. The zero-order valence-corrected chi connectivity index (χ0v) is 28.8. The highest BCUT2D eigenvalue weighted by Gasteiger charge is 2.66. The predicted octanol–water partition coefficient (Wildman–Crippen LogP) is 8.37. The van der Waals surface area contributed by atoms with Crippen LogP contribution in [0, 0.1) is 35.5 Å². The zero-order valence-electron chi connectivity index (χ0n) is 26.8. The molecule has 0 aromatic carbocycles. The third-order valence-electron chi connectivity index (χ3n) is 10.8. The van der Waals surface area contributed by atoms with Crippen molar-refractivity contribution in [3.63, 3.8) is 0 Å². The summed E-state index contributed by atoms with van der Waals surface area (Å²) < 4.78 is 20.4. The van der Waals surface area contributed by atoms with Crippen LogP contribution in [0.25, 0.3) is 0 Å². The number of fused-ring (bicyclic) bond motifs is 1. The summed E-state index contributed by atoms with van der Waals surface area (Å²) in [7, 11) is -4.01. The van der Waals surface area contributed by atoms with Crippen molar-refractivity contribution in [2.45, 2.75) is 154 Å². The lowest BCUT2D eigenvalue weighted by Crippen LogP contribution is -2.70. The number of hydrogen-bond donors (Lipinski definition) is 0. The van der Waals surface area contributed by atoms with Crippen molar-refractivity contribution < 1.29 is 18.4 Å². The van der Waals surface area contributed by atoms with Gasteiger partial charge in [0.05, 0.1) is 12.0 Å². The van der Waals surface area contributed by atoms with Crippen LogP contribution in [0.3, 0.4) is 0 Å². The molecule has 0 aromatic heterocycles. The summed E-state index contributed by atoms with van der Waals surface area (Å²) >= 11 is 0. The molecule has 3 saturated carbocycles. The molecule has 0 radical (unpaired) electrons. The first kappa shape index (κ1) is 32.1. The fraction of sp³-hybridized carbons (Fsp3) is 0.906. The number of ketones is 1. The Morgan fingerprint density at radius 1 is 0.947 bits per heavy atom. The quantitative estimate of drug-likeness (QED) is 0.231. The van der Waals surface area contributed by atoms with Crippen LogP contribution in [0.1, 0.15) is 100 Å². The van der Waals surface area contributed by atoms with Gasteiger partial charge in [0.15, 0.2) is 22.4 Å². The van der Waals surface area contributed by atoms with Gasteiger partial charge in [-0.05, 0) is 74.8 Å². The van der Waals surface area contributed by atoms with E-state index in [1.54, 1.807) is 0 Å². The van der Waals surface area contributed by atoms with E-state index >= 15 is 0 Å². The highest BCUT2D eigenvalue weighted by Crippen LogP contribution is 2.56. The van der Waals surface area contributed by atoms with Gasteiger partial charge in [0, 0.05) is 18.4 Å². The fourth-order valence-corrected chi connectivity index (χ4v) is 9.01. The van der Waals surface area contributed by atoms with E-state index in [0.29, 0.717) is 12.5 Å². The number of carbonyl (C=O) groups is 1. The van der Waals surface area contributed by atoms with E-state index in [4.69, 9.17) is 13.6 Å². The molecule has 3 aliphatic carbocycles. The molecule has 0 N–H and O–H groups in total. The molecule has 6 heteroatoms. The smallest absolute Gasteiger partial charge is 0.193 e. The largest absolute Gasteiger partial charge is 0.413 e. The van der Waals surface area contributed by atoms with Crippen molar-refractivity contribution in [1.82, 2.24) is 0 Å². The number of Topliss-reactive ketones (excluding diaryl/α,β-unsaturated/α-hetero) is 1. The Labute approximate surface area is 237 Å². The normalized spacial score (nSPS) is 32.2. The minimum Gasteiger partial charge on any atom is -0.413 e. The second-order valence-electron chi connectivity index (χ2n) is 15.5. The van der Waals surface area contributed by atoms with E-state index in [1.165, 1.54) is 32.1 Å². The first-order valence-electron chi connectivity index (χ1n) is 15.4. The summed E-state index contributed by atoms with van der Waals surface area (Å²) in [6.45, 7) is 27.9. The van der Waals surface area contributed by atoms with Gasteiger partial charge in [-0.3, -0.25) is 4.79 Å². The number of rotatable bonds is 7. The highest BCUT2D eigenvalue weighted by atomic mass is 28.4. The molecular weight excluding hydrogens is 505 g/mol. The fourth-order valence-electron chi connectivity index (χ4n) is 6.40. The van der Waals surface area contributed by atoms with Crippen LogP contribution in [-0.4, -0.2) is 46.8 Å². The lowest BCUT2D eigenvalue weighted by atomic mass is 9.50. The maximum Gasteiger partial charge on any atom is 0.193 e. The molecule has 0 bridgehead atoms. The van der Waals surface area contributed by atoms with Crippen LogP contribution in [-0.2, 0) is 18.4 Å². The van der Waals surface area contributed by atoms with E-state index in [0.717, 1.165) is 12.8 Å². The van der Waals surface area contributed by atoms with Crippen molar-refractivity contribution in [2.75, 3.05) is 6.61 Å². The van der Waals surface area contributed by atoms with Crippen LogP contribution in [0.5, 0.6) is 0 Å². The maximum atomic E-state index is 13.3. The number of ether oxygens (including phenoxy) is 1. The molecule has 3 aliphatic rings. The summed E-state index contributed by atoms with van der Waals surface area (Å²) in [5.41, 5.74) is -0.679. The Balaban J connectivity index is 2.02. The Morgan fingerprint density at radius 3 is 2.05 bits per heavy atom. The summed E-state index contributed by atoms with van der Waals surface area (Å²) in [6, 6.07) is 0. The van der Waals surface area contributed by atoms with Crippen LogP contribution in [0.4, 0.5) is 0 Å². The summed E-state index contributed by atoms with van der Waals surface area (Å²) in [5.74, 6) is 8.35. The Kier molecular flexibility index (Phi) is 9.65. The van der Waals surface area contributed by atoms with Crippen LogP contribution >= 0.6 is 0 Å². The molecule has 6 atom stereocenters. The van der Waals surface area contributed by atoms with E-state index in [1.807, 2.05) is 6.92 Å². The highest BCUT2D eigenvalue weighted by molar-refractivity contribution is 6.74. The molecular formula is C32H58O4Si2. The SMILES string of the molecule is CCO[C@@]12CC[C@H](O[Si](C)(C)C(C)(C)C)[C@@H](C#C[C@@H](O[Si](C)(C)C(C)(C)C)C3CCCCC3)[C@@H]1C(C)C2=O. The lowest BCUT2D eigenvalue weighted by Gasteiger charge is -2.59. The van der Waals surface area contributed by atoms with E-state index in [9.17, 15) is 4.79 Å². The Bertz CT molecular complexity index is 897. The van der Waals surface area contributed by atoms with Crippen molar-refractivity contribution in [3.8, 4) is 11.8 Å². The average molecular weight is 563 g/mol. The molecule has 0 spiro atoms. The van der Waals surface area contributed by atoms with Gasteiger partial charge in [0.2, 0.25) is 0 Å². The van der Waals surface area contributed by atoms with Crippen LogP contribution < -0.4 is 0 Å². The minimum atomic E-state index is -2.01. The molecule has 0 aromatic rings. The van der Waals surface area contributed by atoms with Gasteiger partial charge in [0.1, 0.15) is 11.7 Å². The molecule has 1 unspecified atom stereocenters. The first-order valence-corrected chi connectivity index (χ1v) is 21.2. The molecule has 38 heavy (non-hydrogen) atoms. The summed E-state index contributed by atoms with van der Waals surface area (Å²) in [5, 5.41) is 0.260. The second kappa shape index (κ2) is 11.4. The topological polar surface area (TPSA) is 44.8 Å². The van der Waals surface area contributed by atoms with Crippen molar-refractivity contribution in [3.05, 3.63) is 0 Å². The van der Waals surface area contributed by atoms with Gasteiger partial charge in [-0.15, -0.1) is 0 Å². The van der Waals surface area contributed by atoms with Gasteiger partial charge < -0.3 is 13.6 Å². The van der Waals surface area contributed by atoms with E-state index < -0.39 is 22.2 Å². The molecule has 0 aliphatic heterocycles. The minimum absolute atomic E-state index is 0.00812. The molecule has 0 heterocycles. The summed E-state index contributed by atoms with van der Waals surface area (Å²) in [4.78, 5) is 13.3. The van der Waals surface area contributed by atoms with E-state index in [-0.39, 0.29) is 45.8 Å². The third kappa shape index (κ3) is 6.22. The van der Waals surface area contributed by atoms with E-state index in [2.05, 4.69) is 86.5 Å². The molecule has 0 amide bonds.